The van der Waals surface area contributed by atoms with Crippen molar-refractivity contribution in [2.45, 2.75) is 6.92 Å². The monoisotopic (exact) mass is 395 g/mol. The van der Waals surface area contributed by atoms with E-state index >= 15 is 0 Å². The fraction of sp³-hybridized carbons (Fsp3) is 0.182. The van der Waals surface area contributed by atoms with Gasteiger partial charge in [0, 0.05) is 27.9 Å². The SMILES string of the molecule is COC=C(C(=O)OC)C1=CN(c2ccc(C(=O)c3ccccc3)cc2C)CS1. The molecule has 0 aromatic heterocycles. The fourth-order valence-electron chi connectivity index (χ4n) is 2.95. The molecule has 2 aromatic carbocycles. The molecular formula is C22H21NO4S. The lowest BCUT2D eigenvalue weighted by Gasteiger charge is -2.18. The van der Waals surface area contributed by atoms with Crippen LogP contribution in [0.3, 0.4) is 0 Å². The second-order valence-electron chi connectivity index (χ2n) is 6.19. The van der Waals surface area contributed by atoms with Gasteiger partial charge in [-0.2, -0.15) is 0 Å². The first-order valence-corrected chi connectivity index (χ1v) is 9.67. The molecule has 0 radical (unpaired) electrons. The summed E-state index contributed by atoms with van der Waals surface area (Å²) in [7, 11) is 2.84. The molecule has 0 atom stereocenters. The van der Waals surface area contributed by atoms with Crippen LogP contribution < -0.4 is 4.90 Å². The molecule has 0 fully saturated rings. The van der Waals surface area contributed by atoms with Gasteiger partial charge in [-0.3, -0.25) is 4.79 Å². The van der Waals surface area contributed by atoms with Crippen molar-refractivity contribution in [1.82, 2.24) is 0 Å². The van der Waals surface area contributed by atoms with Crippen LogP contribution in [0.5, 0.6) is 0 Å². The van der Waals surface area contributed by atoms with Gasteiger partial charge in [0.2, 0.25) is 0 Å². The van der Waals surface area contributed by atoms with Crippen molar-refractivity contribution in [3.8, 4) is 0 Å². The average Bonchev–Trinajstić information content (AvgIpc) is 3.20. The van der Waals surface area contributed by atoms with Gasteiger partial charge in [0.05, 0.1) is 26.4 Å². The van der Waals surface area contributed by atoms with Crippen molar-refractivity contribution >= 4 is 29.2 Å². The molecule has 0 spiro atoms. The van der Waals surface area contributed by atoms with E-state index in [2.05, 4.69) is 0 Å². The highest BCUT2D eigenvalue weighted by Gasteiger charge is 2.24. The molecule has 1 aliphatic heterocycles. The lowest BCUT2D eigenvalue weighted by Crippen LogP contribution is -2.13. The third-order valence-corrected chi connectivity index (χ3v) is 5.39. The van der Waals surface area contributed by atoms with Gasteiger partial charge in [-0.15, -0.1) is 11.8 Å². The largest absolute Gasteiger partial charge is 0.503 e. The number of esters is 1. The minimum Gasteiger partial charge on any atom is -0.503 e. The molecule has 0 amide bonds. The predicted octanol–water partition coefficient (Wildman–Crippen LogP) is 4.28. The quantitative estimate of drug-likeness (QED) is 0.315. The molecule has 28 heavy (non-hydrogen) atoms. The van der Waals surface area contributed by atoms with Crippen LogP contribution in [-0.2, 0) is 14.3 Å². The van der Waals surface area contributed by atoms with Crippen molar-refractivity contribution in [2.24, 2.45) is 0 Å². The van der Waals surface area contributed by atoms with Crippen LogP contribution in [0.15, 0.2) is 71.5 Å². The number of aryl methyl sites for hydroxylation is 1. The van der Waals surface area contributed by atoms with E-state index in [0.717, 1.165) is 16.2 Å². The number of benzene rings is 2. The molecule has 0 aliphatic carbocycles. The summed E-state index contributed by atoms with van der Waals surface area (Å²) in [6.07, 6.45) is 3.29. The zero-order valence-electron chi connectivity index (χ0n) is 16.0. The van der Waals surface area contributed by atoms with E-state index in [9.17, 15) is 9.59 Å². The Morgan fingerprint density at radius 2 is 1.82 bits per heavy atom. The van der Waals surface area contributed by atoms with E-state index in [0.29, 0.717) is 22.6 Å². The molecule has 0 saturated heterocycles. The zero-order valence-corrected chi connectivity index (χ0v) is 16.8. The topological polar surface area (TPSA) is 55.8 Å². The molecule has 3 rings (SSSR count). The maximum atomic E-state index is 12.7. The van der Waals surface area contributed by atoms with Gasteiger partial charge in [0.1, 0.15) is 5.57 Å². The molecule has 6 heteroatoms. The van der Waals surface area contributed by atoms with Crippen molar-refractivity contribution in [2.75, 3.05) is 25.0 Å². The summed E-state index contributed by atoms with van der Waals surface area (Å²) in [4.78, 5) is 27.4. The molecular weight excluding hydrogens is 374 g/mol. The first-order chi connectivity index (χ1) is 13.5. The standard InChI is InChI=1S/C22H21NO4S/c1-15-11-17(21(24)16-7-5-4-6-8-16)9-10-19(15)23-12-20(28-14-23)18(13-26-2)22(25)27-3/h4-13H,14H2,1-3H3. The number of ketones is 1. The van der Waals surface area contributed by atoms with Crippen LogP contribution >= 0.6 is 11.8 Å². The van der Waals surface area contributed by atoms with Gasteiger partial charge in [-0.1, -0.05) is 30.3 Å². The van der Waals surface area contributed by atoms with Crippen molar-refractivity contribution in [3.05, 3.63) is 88.2 Å². The van der Waals surface area contributed by atoms with E-state index in [-0.39, 0.29) is 5.78 Å². The van der Waals surface area contributed by atoms with Crippen LogP contribution in [0.2, 0.25) is 0 Å². The molecule has 2 aromatic rings. The maximum absolute atomic E-state index is 12.7. The van der Waals surface area contributed by atoms with Crippen molar-refractivity contribution in [1.29, 1.82) is 0 Å². The Balaban J connectivity index is 1.85. The third kappa shape index (κ3) is 4.12. The van der Waals surface area contributed by atoms with E-state index in [1.807, 2.05) is 66.6 Å². The molecule has 0 bridgehead atoms. The highest BCUT2D eigenvalue weighted by Crippen LogP contribution is 2.36. The highest BCUT2D eigenvalue weighted by molar-refractivity contribution is 8.03. The van der Waals surface area contributed by atoms with Crippen LogP contribution in [0, 0.1) is 6.92 Å². The number of thioether (sulfide) groups is 1. The fourth-order valence-corrected chi connectivity index (χ4v) is 3.93. The molecule has 0 saturated carbocycles. The van der Waals surface area contributed by atoms with E-state index in [1.54, 1.807) is 0 Å². The average molecular weight is 395 g/mol. The van der Waals surface area contributed by atoms with Crippen LogP contribution in [0.4, 0.5) is 5.69 Å². The zero-order chi connectivity index (χ0) is 20.1. The minimum absolute atomic E-state index is 0.00159. The Kier molecular flexibility index (Phi) is 6.21. The number of anilines is 1. The Morgan fingerprint density at radius 1 is 1.07 bits per heavy atom. The first kappa shape index (κ1) is 19.8. The van der Waals surface area contributed by atoms with Crippen LogP contribution in [-0.4, -0.2) is 31.8 Å². The lowest BCUT2D eigenvalue weighted by molar-refractivity contribution is -0.135. The summed E-state index contributed by atoms with van der Waals surface area (Å²) >= 11 is 1.52. The van der Waals surface area contributed by atoms with Gasteiger partial charge < -0.3 is 14.4 Å². The van der Waals surface area contributed by atoms with Gasteiger partial charge in [-0.25, -0.2) is 4.79 Å². The minimum atomic E-state index is -0.442. The smallest absolute Gasteiger partial charge is 0.342 e. The number of carbonyl (C=O) groups excluding carboxylic acids is 2. The molecule has 1 aliphatic rings. The van der Waals surface area contributed by atoms with E-state index < -0.39 is 5.97 Å². The third-order valence-electron chi connectivity index (χ3n) is 4.34. The second-order valence-corrected chi connectivity index (χ2v) is 7.18. The van der Waals surface area contributed by atoms with Crippen LogP contribution in [0.1, 0.15) is 21.5 Å². The summed E-state index contributed by atoms with van der Waals surface area (Å²) in [5, 5.41) is 0. The summed E-state index contributed by atoms with van der Waals surface area (Å²) in [5.74, 6) is 0.210. The van der Waals surface area contributed by atoms with Gasteiger partial charge in [-0.05, 0) is 30.7 Å². The number of hydrogen-bond donors (Lipinski definition) is 0. The summed E-state index contributed by atoms with van der Waals surface area (Å²) in [6.45, 7) is 1.97. The Bertz CT molecular complexity index is 950. The van der Waals surface area contributed by atoms with Gasteiger partial charge in [0.15, 0.2) is 5.78 Å². The molecule has 144 valence electrons. The molecule has 5 nitrogen and oxygen atoms in total. The molecule has 0 unspecified atom stereocenters. The van der Waals surface area contributed by atoms with Crippen LogP contribution in [0.25, 0.3) is 0 Å². The summed E-state index contributed by atoms with van der Waals surface area (Å²) in [5.41, 5.74) is 3.66. The second kappa shape index (κ2) is 8.80. The Morgan fingerprint density at radius 3 is 2.46 bits per heavy atom. The number of carbonyl (C=O) groups is 2. The maximum Gasteiger partial charge on any atom is 0.342 e. The predicted molar refractivity (Wildman–Crippen MR) is 111 cm³/mol. The number of hydrogen-bond acceptors (Lipinski definition) is 6. The first-order valence-electron chi connectivity index (χ1n) is 8.68. The number of ether oxygens (including phenoxy) is 2. The van der Waals surface area contributed by atoms with Gasteiger partial charge in [0.25, 0.3) is 0 Å². The van der Waals surface area contributed by atoms with E-state index in [1.165, 1.54) is 32.2 Å². The number of nitrogens with zero attached hydrogens (tertiary/aromatic N) is 1. The lowest BCUT2D eigenvalue weighted by atomic mass is 10.0. The van der Waals surface area contributed by atoms with Crippen molar-refractivity contribution in [3.63, 3.8) is 0 Å². The number of methoxy groups -OCH3 is 2. The Labute approximate surface area is 168 Å². The van der Waals surface area contributed by atoms with E-state index in [4.69, 9.17) is 9.47 Å². The van der Waals surface area contributed by atoms with Gasteiger partial charge >= 0.3 is 5.97 Å². The normalized spacial score (nSPS) is 13.9. The summed E-state index contributed by atoms with van der Waals surface area (Å²) in [6, 6.07) is 14.9. The Hall–Kier alpha value is -2.99. The summed E-state index contributed by atoms with van der Waals surface area (Å²) < 4.78 is 9.84. The molecule has 0 N–H and O–H groups in total. The molecule has 1 heterocycles. The van der Waals surface area contributed by atoms with Crippen molar-refractivity contribution < 1.29 is 19.1 Å². The highest BCUT2D eigenvalue weighted by atomic mass is 32.2. The number of rotatable bonds is 6.